The van der Waals surface area contributed by atoms with Crippen LogP contribution in [0.15, 0.2) is 18.9 Å². The SMILES string of the molecule is C=CCn1cc(C)nc1NCCCCCCCCCC. The van der Waals surface area contributed by atoms with Gasteiger partial charge in [0.05, 0.1) is 5.69 Å². The highest BCUT2D eigenvalue weighted by Crippen LogP contribution is 2.11. The maximum absolute atomic E-state index is 4.50. The van der Waals surface area contributed by atoms with Crippen LogP contribution in [-0.2, 0) is 6.54 Å². The molecular formula is C17H31N3. The van der Waals surface area contributed by atoms with E-state index in [0.29, 0.717) is 0 Å². The summed E-state index contributed by atoms with van der Waals surface area (Å²) in [4.78, 5) is 4.50. The molecule has 0 atom stereocenters. The molecule has 0 fully saturated rings. The van der Waals surface area contributed by atoms with E-state index in [-0.39, 0.29) is 0 Å². The lowest BCUT2D eigenvalue weighted by atomic mass is 10.1. The number of hydrogen-bond donors (Lipinski definition) is 1. The summed E-state index contributed by atoms with van der Waals surface area (Å²) in [5, 5.41) is 3.43. The molecule has 0 aliphatic rings. The van der Waals surface area contributed by atoms with Gasteiger partial charge in [0, 0.05) is 19.3 Å². The number of aromatic nitrogens is 2. The van der Waals surface area contributed by atoms with Gasteiger partial charge >= 0.3 is 0 Å². The number of unbranched alkanes of at least 4 members (excludes halogenated alkanes) is 7. The van der Waals surface area contributed by atoms with Gasteiger partial charge in [-0.3, -0.25) is 0 Å². The summed E-state index contributed by atoms with van der Waals surface area (Å²) in [5.41, 5.74) is 1.06. The van der Waals surface area contributed by atoms with Crippen LogP contribution < -0.4 is 5.32 Å². The molecule has 1 heterocycles. The van der Waals surface area contributed by atoms with Gasteiger partial charge in [-0.2, -0.15) is 0 Å². The van der Waals surface area contributed by atoms with Crippen LogP contribution >= 0.6 is 0 Å². The molecule has 1 aromatic heterocycles. The van der Waals surface area contributed by atoms with Crippen LogP contribution in [-0.4, -0.2) is 16.1 Å². The normalized spacial score (nSPS) is 10.7. The lowest BCUT2D eigenvalue weighted by Gasteiger charge is -2.07. The Labute approximate surface area is 124 Å². The fourth-order valence-corrected chi connectivity index (χ4v) is 2.43. The summed E-state index contributed by atoms with van der Waals surface area (Å²) in [6.45, 7) is 9.91. The Bertz CT molecular complexity index is 368. The minimum atomic E-state index is 0.820. The molecule has 0 unspecified atom stereocenters. The highest BCUT2D eigenvalue weighted by atomic mass is 15.2. The second kappa shape index (κ2) is 10.5. The predicted octanol–water partition coefficient (Wildman–Crippen LogP) is 4.93. The zero-order valence-corrected chi connectivity index (χ0v) is 13.3. The van der Waals surface area contributed by atoms with Gasteiger partial charge in [-0.05, 0) is 13.3 Å². The Morgan fingerprint density at radius 2 is 1.80 bits per heavy atom. The topological polar surface area (TPSA) is 29.9 Å². The Balaban J connectivity index is 2.07. The van der Waals surface area contributed by atoms with E-state index in [4.69, 9.17) is 0 Å². The highest BCUT2D eigenvalue weighted by molar-refractivity contribution is 5.28. The number of anilines is 1. The summed E-state index contributed by atoms with van der Waals surface area (Å²) < 4.78 is 2.12. The number of nitrogens with one attached hydrogen (secondary N) is 1. The third-order valence-corrected chi connectivity index (χ3v) is 3.54. The Kier molecular flexibility index (Phi) is 8.84. The highest BCUT2D eigenvalue weighted by Gasteiger charge is 2.02. The van der Waals surface area contributed by atoms with E-state index >= 15 is 0 Å². The van der Waals surface area contributed by atoms with Crippen molar-refractivity contribution in [2.24, 2.45) is 0 Å². The van der Waals surface area contributed by atoms with Gasteiger partial charge in [0.1, 0.15) is 0 Å². The quantitative estimate of drug-likeness (QED) is 0.433. The third-order valence-electron chi connectivity index (χ3n) is 3.54. The van der Waals surface area contributed by atoms with Crippen molar-refractivity contribution in [3.8, 4) is 0 Å². The lowest BCUT2D eigenvalue weighted by Crippen LogP contribution is -2.08. The van der Waals surface area contributed by atoms with E-state index in [1.165, 1.54) is 51.4 Å². The molecule has 0 aliphatic heterocycles. The molecule has 1 N–H and O–H groups in total. The van der Waals surface area contributed by atoms with Crippen molar-refractivity contribution in [3.63, 3.8) is 0 Å². The van der Waals surface area contributed by atoms with E-state index in [0.717, 1.165) is 24.7 Å². The largest absolute Gasteiger partial charge is 0.356 e. The van der Waals surface area contributed by atoms with Crippen LogP contribution in [0.25, 0.3) is 0 Å². The first kappa shape index (κ1) is 16.8. The first-order valence-electron chi connectivity index (χ1n) is 8.16. The standard InChI is InChI=1S/C17H31N3/c1-4-6-7-8-9-10-11-12-13-18-17-19-16(3)15-20(17)14-5-2/h5,15H,2,4,6-14H2,1,3H3,(H,18,19). The van der Waals surface area contributed by atoms with E-state index < -0.39 is 0 Å². The molecule has 0 radical (unpaired) electrons. The van der Waals surface area contributed by atoms with Gasteiger partial charge in [0.15, 0.2) is 0 Å². The van der Waals surface area contributed by atoms with Crippen LogP contribution in [0.4, 0.5) is 5.95 Å². The van der Waals surface area contributed by atoms with Crippen LogP contribution in [0, 0.1) is 6.92 Å². The van der Waals surface area contributed by atoms with E-state index in [2.05, 4.69) is 34.6 Å². The molecule has 3 nitrogen and oxygen atoms in total. The fourth-order valence-electron chi connectivity index (χ4n) is 2.43. The van der Waals surface area contributed by atoms with Crippen LogP contribution in [0.1, 0.15) is 64.0 Å². The second-order valence-corrected chi connectivity index (χ2v) is 5.55. The monoisotopic (exact) mass is 277 g/mol. The fraction of sp³-hybridized carbons (Fsp3) is 0.706. The molecule has 20 heavy (non-hydrogen) atoms. The first-order valence-corrected chi connectivity index (χ1v) is 8.16. The maximum Gasteiger partial charge on any atom is 0.203 e. The summed E-state index contributed by atoms with van der Waals surface area (Å²) in [6.07, 6.45) is 14.8. The summed E-state index contributed by atoms with van der Waals surface area (Å²) in [5.74, 6) is 0.977. The molecule has 0 spiro atoms. The molecule has 0 aliphatic carbocycles. The molecule has 0 bridgehead atoms. The number of aryl methyl sites for hydroxylation is 1. The molecule has 1 aromatic rings. The van der Waals surface area contributed by atoms with Crippen molar-refractivity contribution >= 4 is 5.95 Å². The molecular weight excluding hydrogens is 246 g/mol. The third kappa shape index (κ3) is 6.78. The average molecular weight is 277 g/mol. The summed E-state index contributed by atoms with van der Waals surface area (Å²) >= 11 is 0. The van der Waals surface area contributed by atoms with Crippen molar-refractivity contribution in [1.82, 2.24) is 9.55 Å². The number of rotatable bonds is 12. The van der Waals surface area contributed by atoms with Crippen molar-refractivity contribution in [2.45, 2.75) is 71.8 Å². The molecule has 0 aromatic carbocycles. The molecule has 1 rings (SSSR count). The maximum atomic E-state index is 4.50. The van der Waals surface area contributed by atoms with E-state index in [1.54, 1.807) is 0 Å². The molecule has 0 saturated carbocycles. The Morgan fingerprint density at radius 1 is 1.15 bits per heavy atom. The van der Waals surface area contributed by atoms with Gasteiger partial charge in [0.2, 0.25) is 5.95 Å². The average Bonchev–Trinajstić information content (AvgIpc) is 2.77. The van der Waals surface area contributed by atoms with Gasteiger partial charge in [-0.15, -0.1) is 6.58 Å². The van der Waals surface area contributed by atoms with Gasteiger partial charge in [-0.25, -0.2) is 4.98 Å². The van der Waals surface area contributed by atoms with Crippen LogP contribution in [0.2, 0.25) is 0 Å². The summed E-state index contributed by atoms with van der Waals surface area (Å²) in [7, 11) is 0. The van der Waals surface area contributed by atoms with Crippen molar-refractivity contribution in [1.29, 1.82) is 0 Å². The van der Waals surface area contributed by atoms with Crippen LogP contribution in [0.5, 0.6) is 0 Å². The minimum Gasteiger partial charge on any atom is -0.356 e. The number of hydrogen-bond acceptors (Lipinski definition) is 2. The lowest BCUT2D eigenvalue weighted by molar-refractivity contribution is 0.580. The van der Waals surface area contributed by atoms with Crippen molar-refractivity contribution in [3.05, 3.63) is 24.5 Å². The minimum absolute atomic E-state index is 0.820. The van der Waals surface area contributed by atoms with E-state index in [9.17, 15) is 0 Å². The van der Waals surface area contributed by atoms with Gasteiger partial charge < -0.3 is 9.88 Å². The molecule has 0 saturated heterocycles. The van der Waals surface area contributed by atoms with Gasteiger partial charge in [-0.1, -0.05) is 57.9 Å². The number of allylic oxidation sites excluding steroid dienone is 1. The molecule has 0 amide bonds. The number of imidazole rings is 1. The van der Waals surface area contributed by atoms with Crippen molar-refractivity contribution in [2.75, 3.05) is 11.9 Å². The second-order valence-electron chi connectivity index (χ2n) is 5.55. The van der Waals surface area contributed by atoms with Crippen LogP contribution in [0.3, 0.4) is 0 Å². The molecule has 3 heteroatoms. The predicted molar refractivity (Wildman–Crippen MR) is 88.3 cm³/mol. The Hall–Kier alpha value is -1.25. The molecule has 114 valence electrons. The summed E-state index contributed by atoms with van der Waals surface area (Å²) in [6, 6.07) is 0. The van der Waals surface area contributed by atoms with E-state index in [1.807, 2.05) is 13.0 Å². The first-order chi connectivity index (χ1) is 9.77. The zero-order chi connectivity index (χ0) is 14.6. The Morgan fingerprint density at radius 3 is 2.45 bits per heavy atom. The van der Waals surface area contributed by atoms with Crippen molar-refractivity contribution < 1.29 is 0 Å². The zero-order valence-electron chi connectivity index (χ0n) is 13.3. The smallest absolute Gasteiger partial charge is 0.203 e. The van der Waals surface area contributed by atoms with Gasteiger partial charge in [0.25, 0.3) is 0 Å². The number of nitrogens with zero attached hydrogens (tertiary/aromatic N) is 2.